The third-order valence-electron chi connectivity index (χ3n) is 7.69. The fourth-order valence-electron chi connectivity index (χ4n) is 4.87. The van der Waals surface area contributed by atoms with Gasteiger partial charge in [-0.3, -0.25) is 0 Å². The number of fused-ring (bicyclic) bond motifs is 3. The van der Waals surface area contributed by atoms with E-state index in [2.05, 4.69) is 29.6 Å². The maximum absolute atomic E-state index is 12.9. The molecule has 1 aromatic heterocycles. The van der Waals surface area contributed by atoms with Crippen molar-refractivity contribution in [1.29, 1.82) is 0 Å². The third-order valence-corrected chi connectivity index (χ3v) is 8.62. The van der Waals surface area contributed by atoms with Crippen LogP contribution in [0.5, 0.6) is 0 Å². The summed E-state index contributed by atoms with van der Waals surface area (Å²) in [6.45, 7) is 8.28. The first-order chi connectivity index (χ1) is 18.6. The molecule has 0 saturated carbocycles. The molecule has 3 aromatic rings. The molecule has 2 aromatic carbocycles. The predicted molar refractivity (Wildman–Crippen MR) is 153 cm³/mol. The SMILES string of the molecule is COC(=O)c1cc(C=C(CNC(=O)OCC2c3ccccc3-c3ccccc32)B2OC(C)(C)C(C)(C)O2)cs1. The summed E-state index contributed by atoms with van der Waals surface area (Å²) in [5.74, 6) is -0.419. The predicted octanol–water partition coefficient (Wildman–Crippen LogP) is 6.09. The van der Waals surface area contributed by atoms with Crippen molar-refractivity contribution in [3.63, 3.8) is 0 Å². The van der Waals surface area contributed by atoms with E-state index in [0.717, 1.165) is 16.7 Å². The molecule has 0 atom stereocenters. The lowest BCUT2D eigenvalue weighted by Gasteiger charge is -2.32. The summed E-state index contributed by atoms with van der Waals surface area (Å²) in [5.41, 5.74) is 5.06. The van der Waals surface area contributed by atoms with Gasteiger partial charge in [0.05, 0.1) is 18.3 Å². The maximum atomic E-state index is 12.9. The zero-order valence-corrected chi connectivity index (χ0v) is 23.6. The summed E-state index contributed by atoms with van der Waals surface area (Å²) >= 11 is 1.29. The molecule has 1 saturated heterocycles. The molecular weight excluding hydrogens is 513 g/mol. The van der Waals surface area contributed by atoms with Crippen molar-refractivity contribution in [3.05, 3.63) is 87.0 Å². The number of nitrogens with one attached hydrogen (secondary N) is 1. The highest BCUT2D eigenvalue weighted by atomic mass is 32.1. The van der Waals surface area contributed by atoms with Gasteiger partial charge < -0.3 is 24.1 Å². The minimum absolute atomic E-state index is 0.0243. The molecule has 0 radical (unpaired) electrons. The summed E-state index contributed by atoms with van der Waals surface area (Å²) in [6, 6.07) is 18.2. The largest absolute Gasteiger partial charge is 0.492 e. The average Bonchev–Trinajstić information content (AvgIpc) is 3.57. The van der Waals surface area contributed by atoms with E-state index in [4.69, 9.17) is 18.8 Å². The van der Waals surface area contributed by atoms with Gasteiger partial charge in [0.2, 0.25) is 0 Å². The fraction of sp³-hybridized carbons (Fsp3) is 0.333. The molecule has 9 heteroatoms. The number of carbonyl (C=O) groups is 2. The Morgan fingerprint density at radius 2 is 1.59 bits per heavy atom. The van der Waals surface area contributed by atoms with E-state index in [1.807, 2.05) is 63.4 Å². The van der Waals surface area contributed by atoms with E-state index in [9.17, 15) is 9.59 Å². The number of amides is 1. The number of esters is 1. The molecular formula is C30H32BNO6S. The minimum Gasteiger partial charge on any atom is -0.465 e. The summed E-state index contributed by atoms with van der Waals surface area (Å²) in [6.07, 6.45) is 1.34. The Morgan fingerprint density at radius 3 is 2.18 bits per heavy atom. The quantitative estimate of drug-likeness (QED) is 0.286. The van der Waals surface area contributed by atoms with Gasteiger partial charge in [-0.15, -0.1) is 11.3 Å². The van der Waals surface area contributed by atoms with E-state index in [0.29, 0.717) is 10.3 Å². The number of rotatable bonds is 7. The summed E-state index contributed by atoms with van der Waals surface area (Å²) in [7, 11) is 0.677. The Hall–Kier alpha value is -3.40. The Balaban J connectivity index is 1.30. The van der Waals surface area contributed by atoms with Crippen LogP contribution in [0, 0.1) is 0 Å². The van der Waals surface area contributed by atoms with Gasteiger partial charge >= 0.3 is 19.2 Å². The first kappa shape index (κ1) is 27.2. The second-order valence-electron chi connectivity index (χ2n) is 10.7. The average molecular weight is 545 g/mol. The van der Waals surface area contributed by atoms with E-state index in [1.54, 1.807) is 6.07 Å². The Morgan fingerprint density at radius 1 is 1.00 bits per heavy atom. The van der Waals surface area contributed by atoms with E-state index >= 15 is 0 Å². The van der Waals surface area contributed by atoms with Gasteiger partial charge in [-0.1, -0.05) is 54.6 Å². The minimum atomic E-state index is -0.676. The van der Waals surface area contributed by atoms with Crippen LogP contribution in [-0.2, 0) is 18.8 Å². The van der Waals surface area contributed by atoms with Crippen LogP contribution in [0.25, 0.3) is 17.2 Å². The first-order valence-corrected chi connectivity index (χ1v) is 13.8. The van der Waals surface area contributed by atoms with Crippen LogP contribution < -0.4 is 5.32 Å². The number of carbonyl (C=O) groups excluding carboxylic acids is 2. The Kier molecular flexibility index (Phi) is 7.42. The third kappa shape index (κ3) is 5.39. The number of hydrogen-bond acceptors (Lipinski definition) is 7. The number of ether oxygens (including phenoxy) is 2. The normalized spacial score (nSPS) is 17.5. The lowest BCUT2D eigenvalue weighted by atomic mass is 9.77. The van der Waals surface area contributed by atoms with Crippen LogP contribution >= 0.6 is 11.3 Å². The highest BCUT2D eigenvalue weighted by Gasteiger charge is 2.52. The summed E-state index contributed by atoms with van der Waals surface area (Å²) in [5, 5.41) is 4.72. The van der Waals surface area contributed by atoms with Gasteiger partial charge in [0.15, 0.2) is 0 Å². The fourth-order valence-corrected chi connectivity index (χ4v) is 5.65. The molecule has 2 aliphatic rings. The lowest BCUT2D eigenvalue weighted by molar-refractivity contribution is 0.00578. The molecule has 0 spiro atoms. The van der Waals surface area contributed by atoms with Crippen LogP contribution in [0.2, 0.25) is 0 Å². The summed E-state index contributed by atoms with van der Waals surface area (Å²) in [4.78, 5) is 25.3. The first-order valence-electron chi connectivity index (χ1n) is 12.9. The molecule has 0 unspecified atom stereocenters. The van der Waals surface area contributed by atoms with E-state index in [-0.39, 0.29) is 19.1 Å². The molecule has 202 valence electrons. The van der Waals surface area contributed by atoms with E-state index in [1.165, 1.54) is 29.6 Å². The zero-order valence-electron chi connectivity index (χ0n) is 22.8. The van der Waals surface area contributed by atoms with Crippen molar-refractivity contribution in [2.75, 3.05) is 20.3 Å². The van der Waals surface area contributed by atoms with Crippen LogP contribution in [-0.4, -0.2) is 50.6 Å². The standard InChI is InChI=1S/C30H32BNO6S/c1-29(2)30(3,4)38-31(37-29)20(14-19-15-26(39-18-19)27(33)35-5)16-32-28(34)36-17-25-23-12-8-6-10-21(23)22-11-7-9-13-24(22)25/h6-15,18,25H,16-17H2,1-5H3,(H,32,34). The lowest BCUT2D eigenvalue weighted by Crippen LogP contribution is -2.41. The number of benzene rings is 2. The number of thiophene rings is 1. The monoisotopic (exact) mass is 545 g/mol. The molecule has 0 bridgehead atoms. The van der Waals surface area contributed by atoms with Gasteiger partial charge in [0.25, 0.3) is 0 Å². The Labute approximate surface area is 233 Å². The van der Waals surface area contributed by atoms with Gasteiger partial charge in [0, 0.05) is 12.5 Å². The van der Waals surface area contributed by atoms with Crippen molar-refractivity contribution >= 4 is 36.6 Å². The number of alkyl carbamates (subject to hydrolysis) is 1. The molecule has 39 heavy (non-hydrogen) atoms. The molecule has 1 N–H and O–H groups in total. The van der Waals surface area contributed by atoms with Gasteiger partial charge in [-0.2, -0.15) is 0 Å². The summed E-state index contributed by atoms with van der Waals surface area (Å²) < 4.78 is 23.1. The number of hydrogen-bond donors (Lipinski definition) is 1. The zero-order chi connectivity index (χ0) is 27.8. The van der Waals surface area contributed by atoms with Crippen molar-refractivity contribution in [1.82, 2.24) is 5.32 Å². The highest BCUT2D eigenvalue weighted by Crippen LogP contribution is 2.44. The molecule has 1 aliphatic carbocycles. The molecule has 1 fully saturated rings. The van der Waals surface area contributed by atoms with Gasteiger partial charge in [0.1, 0.15) is 11.5 Å². The topological polar surface area (TPSA) is 83.1 Å². The smallest absolute Gasteiger partial charge is 0.465 e. The molecule has 1 amide bonds. The second kappa shape index (κ2) is 10.6. The van der Waals surface area contributed by atoms with Gasteiger partial charge in [-0.05, 0) is 72.4 Å². The molecule has 5 rings (SSSR count). The van der Waals surface area contributed by atoms with Gasteiger partial charge in [-0.25, -0.2) is 9.59 Å². The Bertz CT molecular complexity index is 1370. The second-order valence-corrected chi connectivity index (χ2v) is 11.6. The molecule has 2 heterocycles. The highest BCUT2D eigenvalue weighted by molar-refractivity contribution is 7.12. The van der Waals surface area contributed by atoms with E-state index < -0.39 is 30.4 Å². The van der Waals surface area contributed by atoms with Crippen LogP contribution in [0.1, 0.15) is 60.0 Å². The molecule has 1 aliphatic heterocycles. The van der Waals surface area contributed by atoms with Crippen molar-refractivity contribution in [2.45, 2.75) is 44.8 Å². The van der Waals surface area contributed by atoms with Crippen LogP contribution in [0.15, 0.2) is 65.4 Å². The number of methoxy groups -OCH3 is 1. The maximum Gasteiger partial charge on any atom is 0.492 e. The molecule has 7 nitrogen and oxygen atoms in total. The van der Waals surface area contributed by atoms with Crippen LogP contribution in [0.3, 0.4) is 0 Å². The van der Waals surface area contributed by atoms with Crippen LogP contribution in [0.4, 0.5) is 4.79 Å². The van der Waals surface area contributed by atoms with Crippen molar-refractivity contribution in [3.8, 4) is 11.1 Å². The van der Waals surface area contributed by atoms with Crippen molar-refractivity contribution in [2.24, 2.45) is 0 Å². The van der Waals surface area contributed by atoms with Crippen molar-refractivity contribution < 1.29 is 28.4 Å².